The third-order valence-electron chi connectivity index (χ3n) is 2.85. The fourth-order valence-corrected chi connectivity index (χ4v) is 2.04. The highest BCUT2D eigenvalue weighted by molar-refractivity contribution is 5.09. The van der Waals surface area contributed by atoms with Crippen molar-refractivity contribution in [1.29, 1.82) is 0 Å². The molecule has 0 spiro atoms. The van der Waals surface area contributed by atoms with E-state index >= 15 is 0 Å². The lowest BCUT2D eigenvalue weighted by Crippen LogP contribution is -2.23. The number of hydrogen-bond acceptors (Lipinski definition) is 2. The van der Waals surface area contributed by atoms with Gasteiger partial charge < -0.3 is 0 Å². The number of aromatic nitrogens is 1. The summed E-state index contributed by atoms with van der Waals surface area (Å²) in [6.45, 7) is 3.63. The Labute approximate surface area is 86.0 Å². The number of rotatable bonds is 2. The van der Waals surface area contributed by atoms with Crippen LogP contribution in [-0.4, -0.2) is 23.0 Å². The van der Waals surface area contributed by atoms with Gasteiger partial charge in [0.15, 0.2) is 0 Å². The van der Waals surface area contributed by atoms with Crippen molar-refractivity contribution in [3.8, 4) is 0 Å². The van der Waals surface area contributed by atoms with Gasteiger partial charge in [0, 0.05) is 18.9 Å². The molecule has 2 heteroatoms. The Morgan fingerprint density at radius 3 is 2.29 bits per heavy atom. The first-order valence-corrected chi connectivity index (χ1v) is 5.56. The molecule has 1 aromatic rings. The maximum atomic E-state index is 4.04. The van der Waals surface area contributed by atoms with Crippen LogP contribution in [0, 0.1) is 0 Å². The summed E-state index contributed by atoms with van der Waals surface area (Å²) < 4.78 is 0. The fourth-order valence-electron chi connectivity index (χ4n) is 2.04. The highest BCUT2D eigenvalue weighted by atomic mass is 15.1. The van der Waals surface area contributed by atoms with Gasteiger partial charge in [-0.1, -0.05) is 12.8 Å². The summed E-state index contributed by atoms with van der Waals surface area (Å²) in [5, 5.41) is 0. The quantitative estimate of drug-likeness (QED) is 0.712. The SMILES string of the molecule is c1cc(CN2CCCCCC2)ccn1. The highest BCUT2D eigenvalue weighted by Crippen LogP contribution is 2.12. The Kier molecular flexibility index (Phi) is 3.52. The van der Waals surface area contributed by atoms with Crippen molar-refractivity contribution < 1.29 is 0 Å². The van der Waals surface area contributed by atoms with E-state index in [-0.39, 0.29) is 0 Å². The Morgan fingerprint density at radius 2 is 1.64 bits per heavy atom. The van der Waals surface area contributed by atoms with Gasteiger partial charge in [-0.05, 0) is 43.6 Å². The van der Waals surface area contributed by atoms with Crippen molar-refractivity contribution in [2.75, 3.05) is 13.1 Å². The number of nitrogens with zero attached hydrogens (tertiary/aromatic N) is 2. The molecule has 0 N–H and O–H groups in total. The maximum absolute atomic E-state index is 4.04. The lowest BCUT2D eigenvalue weighted by atomic mass is 10.2. The second-order valence-electron chi connectivity index (χ2n) is 4.05. The third-order valence-corrected chi connectivity index (χ3v) is 2.85. The minimum atomic E-state index is 1.10. The Balaban J connectivity index is 1.90. The van der Waals surface area contributed by atoms with Crippen molar-refractivity contribution in [3.05, 3.63) is 30.1 Å². The molecule has 1 aliphatic rings. The van der Waals surface area contributed by atoms with Gasteiger partial charge >= 0.3 is 0 Å². The Bertz CT molecular complexity index is 250. The zero-order valence-electron chi connectivity index (χ0n) is 8.65. The molecule has 1 saturated heterocycles. The first-order chi connectivity index (χ1) is 6.95. The standard InChI is InChI=1S/C12H18N2/c1-2-4-10-14(9-3-1)11-12-5-7-13-8-6-12/h5-8H,1-4,9-11H2. The molecule has 2 rings (SSSR count). The van der Waals surface area contributed by atoms with Crippen LogP contribution >= 0.6 is 0 Å². The average Bonchev–Trinajstić information content (AvgIpc) is 2.48. The zero-order valence-corrected chi connectivity index (χ0v) is 8.65. The molecule has 0 atom stereocenters. The van der Waals surface area contributed by atoms with Crippen molar-refractivity contribution in [3.63, 3.8) is 0 Å². The normalized spacial score (nSPS) is 19.1. The summed E-state index contributed by atoms with van der Waals surface area (Å²) in [7, 11) is 0. The molecule has 2 nitrogen and oxygen atoms in total. The minimum absolute atomic E-state index is 1.10. The molecule has 0 bridgehead atoms. The second kappa shape index (κ2) is 5.11. The number of hydrogen-bond donors (Lipinski definition) is 0. The van der Waals surface area contributed by atoms with Crippen molar-refractivity contribution in [2.45, 2.75) is 32.2 Å². The van der Waals surface area contributed by atoms with E-state index in [0.717, 1.165) is 6.54 Å². The predicted octanol–water partition coefficient (Wildman–Crippen LogP) is 2.46. The van der Waals surface area contributed by atoms with E-state index in [9.17, 15) is 0 Å². The predicted molar refractivity (Wildman–Crippen MR) is 58.0 cm³/mol. The Morgan fingerprint density at radius 1 is 1.00 bits per heavy atom. The van der Waals surface area contributed by atoms with Crippen LogP contribution in [-0.2, 0) is 6.54 Å². The summed E-state index contributed by atoms with van der Waals surface area (Å²) in [5.74, 6) is 0. The van der Waals surface area contributed by atoms with Crippen LogP contribution in [0.2, 0.25) is 0 Å². The van der Waals surface area contributed by atoms with Gasteiger partial charge in [-0.3, -0.25) is 9.88 Å². The van der Waals surface area contributed by atoms with Crippen LogP contribution in [0.4, 0.5) is 0 Å². The molecule has 0 radical (unpaired) electrons. The van der Waals surface area contributed by atoms with Crippen LogP contribution in [0.5, 0.6) is 0 Å². The molecular formula is C12H18N2. The van der Waals surface area contributed by atoms with Crippen LogP contribution in [0.15, 0.2) is 24.5 Å². The first-order valence-electron chi connectivity index (χ1n) is 5.56. The van der Waals surface area contributed by atoms with E-state index in [0.29, 0.717) is 0 Å². The lowest BCUT2D eigenvalue weighted by molar-refractivity contribution is 0.277. The molecule has 1 fully saturated rings. The molecule has 76 valence electrons. The van der Waals surface area contributed by atoms with Gasteiger partial charge in [-0.2, -0.15) is 0 Å². The van der Waals surface area contributed by atoms with E-state index in [1.165, 1.54) is 44.3 Å². The van der Waals surface area contributed by atoms with E-state index < -0.39 is 0 Å². The Hall–Kier alpha value is -0.890. The number of likely N-dealkylation sites (tertiary alicyclic amines) is 1. The van der Waals surface area contributed by atoms with Gasteiger partial charge in [-0.15, -0.1) is 0 Å². The van der Waals surface area contributed by atoms with Gasteiger partial charge in [0.2, 0.25) is 0 Å². The summed E-state index contributed by atoms with van der Waals surface area (Å²) >= 11 is 0. The molecule has 1 aromatic heterocycles. The summed E-state index contributed by atoms with van der Waals surface area (Å²) in [4.78, 5) is 6.60. The van der Waals surface area contributed by atoms with Crippen LogP contribution < -0.4 is 0 Å². The lowest BCUT2D eigenvalue weighted by Gasteiger charge is -2.19. The highest BCUT2D eigenvalue weighted by Gasteiger charge is 2.08. The van der Waals surface area contributed by atoms with Crippen molar-refractivity contribution >= 4 is 0 Å². The minimum Gasteiger partial charge on any atom is -0.299 e. The molecule has 0 amide bonds. The first kappa shape index (κ1) is 9.66. The second-order valence-corrected chi connectivity index (χ2v) is 4.05. The van der Waals surface area contributed by atoms with Crippen LogP contribution in [0.3, 0.4) is 0 Å². The van der Waals surface area contributed by atoms with Crippen molar-refractivity contribution in [2.24, 2.45) is 0 Å². The average molecular weight is 190 g/mol. The molecule has 0 unspecified atom stereocenters. The molecule has 1 aliphatic heterocycles. The fraction of sp³-hybridized carbons (Fsp3) is 0.583. The summed E-state index contributed by atoms with van der Waals surface area (Å²) in [6.07, 6.45) is 9.32. The van der Waals surface area contributed by atoms with Crippen molar-refractivity contribution in [1.82, 2.24) is 9.88 Å². The monoisotopic (exact) mass is 190 g/mol. The molecule has 14 heavy (non-hydrogen) atoms. The third kappa shape index (κ3) is 2.81. The van der Waals surface area contributed by atoms with E-state index in [4.69, 9.17) is 0 Å². The van der Waals surface area contributed by atoms with Gasteiger partial charge in [0.1, 0.15) is 0 Å². The van der Waals surface area contributed by atoms with Gasteiger partial charge in [0.05, 0.1) is 0 Å². The smallest absolute Gasteiger partial charge is 0.0271 e. The van der Waals surface area contributed by atoms with Crippen LogP contribution in [0.25, 0.3) is 0 Å². The number of pyridine rings is 1. The van der Waals surface area contributed by atoms with E-state index in [2.05, 4.69) is 22.0 Å². The molecule has 0 aromatic carbocycles. The van der Waals surface area contributed by atoms with E-state index in [1.807, 2.05) is 12.4 Å². The molecule has 2 heterocycles. The largest absolute Gasteiger partial charge is 0.299 e. The maximum Gasteiger partial charge on any atom is 0.0271 e. The van der Waals surface area contributed by atoms with E-state index in [1.54, 1.807) is 0 Å². The van der Waals surface area contributed by atoms with Gasteiger partial charge in [0.25, 0.3) is 0 Å². The molecule has 0 saturated carbocycles. The summed E-state index contributed by atoms with van der Waals surface area (Å²) in [5.41, 5.74) is 1.39. The summed E-state index contributed by atoms with van der Waals surface area (Å²) in [6, 6.07) is 4.23. The zero-order chi connectivity index (χ0) is 9.64. The molecular weight excluding hydrogens is 172 g/mol. The topological polar surface area (TPSA) is 16.1 Å². The molecule has 0 aliphatic carbocycles. The van der Waals surface area contributed by atoms with Crippen LogP contribution in [0.1, 0.15) is 31.2 Å². The van der Waals surface area contributed by atoms with Gasteiger partial charge in [-0.25, -0.2) is 0 Å².